The average Bonchev–Trinajstić information content (AvgIpc) is 2.93. The van der Waals surface area contributed by atoms with Gasteiger partial charge in [0.1, 0.15) is 5.76 Å². The molecule has 19 heavy (non-hydrogen) atoms. The number of furan rings is 1. The van der Waals surface area contributed by atoms with Crippen molar-refractivity contribution in [2.24, 2.45) is 5.92 Å². The van der Waals surface area contributed by atoms with Crippen LogP contribution in [-0.2, 0) is 11.3 Å². The molecule has 2 atom stereocenters. The Morgan fingerprint density at radius 3 is 3.05 bits per heavy atom. The minimum absolute atomic E-state index is 0.273. The number of methoxy groups -OCH3 is 1. The van der Waals surface area contributed by atoms with Crippen molar-refractivity contribution >= 4 is 5.97 Å². The zero-order valence-electron chi connectivity index (χ0n) is 11.8. The van der Waals surface area contributed by atoms with Gasteiger partial charge in [0.25, 0.3) is 0 Å². The molecule has 1 aromatic rings. The van der Waals surface area contributed by atoms with Crippen LogP contribution in [0.15, 0.2) is 16.5 Å². The maximum absolute atomic E-state index is 11.3. The zero-order chi connectivity index (χ0) is 13.7. The SMILES string of the molecule is CCC1CCCC(NCc2ccc(C(=O)OC)o2)C1. The molecule has 1 fully saturated rings. The fraction of sp³-hybridized carbons (Fsp3) is 0.667. The second kappa shape index (κ2) is 6.75. The molecule has 4 nitrogen and oxygen atoms in total. The molecule has 1 aliphatic carbocycles. The van der Waals surface area contributed by atoms with E-state index in [4.69, 9.17) is 4.42 Å². The topological polar surface area (TPSA) is 51.5 Å². The minimum atomic E-state index is -0.421. The van der Waals surface area contributed by atoms with Gasteiger partial charge in [-0.1, -0.05) is 26.2 Å². The van der Waals surface area contributed by atoms with Gasteiger partial charge in [0.05, 0.1) is 13.7 Å². The highest BCUT2D eigenvalue weighted by molar-refractivity contribution is 5.86. The van der Waals surface area contributed by atoms with E-state index in [0.29, 0.717) is 12.6 Å². The maximum Gasteiger partial charge on any atom is 0.373 e. The standard InChI is InChI=1S/C15H23NO3/c1-3-11-5-4-6-12(9-11)16-10-13-7-8-14(19-13)15(17)18-2/h7-8,11-12,16H,3-6,9-10H2,1-2H3. The number of rotatable bonds is 5. The molecule has 106 valence electrons. The molecule has 1 N–H and O–H groups in total. The van der Waals surface area contributed by atoms with Gasteiger partial charge in [0.2, 0.25) is 5.76 Å². The van der Waals surface area contributed by atoms with E-state index in [1.165, 1.54) is 39.2 Å². The van der Waals surface area contributed by atoms with Gasteiger partial charge in [-0.3, -0.25) is 0 Å². The molecular formula is C15H23NO3. The molecule has 4 heteroatoms. The van der Waals surface area contributed by atoms with E-state index >= 15 is 0 Å². The molecule has 1 saturated carbocycles. The van der Waals surface area contributed by atoms with E-state index in [0.717, 1.165) is 11.7 Å². The molecule has 0 aliphatic heterocycles. The Balaban J connectivity index is 1.81. The third-order valence-electron chi connectivity index (χ3n) is 3.97. The quantitative estimate of drug-likeness (QED) is 0.831. The first kappa shape index (κ1) is 14.1. The molecule has 1 heterocycles. The lowest BCUT2D eigenvalue weighted by Gasteiger charge is -2.28. The van der Waals surface area contributed by atoms with Crippen molar-refractivity contribution in [3.8, 4) is 0 Å². The fourth-order valence-electron chi connectivity index (χ4n) is 2.78. The molecule has 0 spiro atoms. The van der Waals surface area contributed by atoms with Crippen molar-refractivity contribution in [2.75, 3.05) is 7.11 Å². The summed E-state index contributed by atoms with van der Waals surface area (Å²) in [5.41, 5.74) is 0. The third kappa shape index (κ3) is 3.83. The summed E-state index contributed by atoms with van der Waals surface area (Å²) in [5.74, 6) is 1.50. The van der Waals surface area contributed by atoms with Crippen LogP contribution in [0.4, 0.5) is 0 Å². The second-order valence-electron chi connectivity index (χ2n) is 5.28. The Hall–Kier alpha value is -1.29. The van der Waals surface area contributed by atoms with E-state index in [9.17, 15) is 4.79 Å². The van der Waals surface area contributed by atoms with Crippen LogP contribution < -0.4 is 5.32 Å². The summed E-state index contributed by atoms with van der Waals surface area (Å²) in [7, 11) is 1.36. The monoisotopic (exact) mass is 265 g/mol. The van der Waals surface area contributed by atoms with Crippen LogP contribution >= 0.6 is 0 Å². The zero-order valence-corrected chi connectivity index (χ0v) is 11.8. The van der Waals surface area contributed by atoms with E-state index in [2.05, 4.69) is 17.0 Å². The molecule has 0 saturated heterocycles. The van der Waals surface area contributed by atoms with Gasteiger partial charge in [-0.05, 0) is 30.9 Å². The van der Waals surface area contributed by atoms with Crippen molar-refractivity contribution in [1.82, 2.24) is 5.32 Å². The number of hydrogen-bond acceptors (Lipinski definition) is 4. The van der Waals surface area contributed by atoms with Crippen molar-refractivity contribution < 1.29 is 13.9 Å². The van der Waals surface area contributed by atoms with Crippen molar-refractivity contribution in [2.45, 2.75) is 51.6 Å². The normalized spacial score (nSPS) is 23.3. The Morgan fingerprint density at radius 2 is 2.32 bits per heavy atom. The highest BCUT2D eigenvalue weighted by Crippen LogP contribution is 2.26. The smallest absolute Gasteiger partial charge is 0.373 e. The largest absolute Gasteiger partial charge is 0.463 e. The van der Waals surface area contributed by atoms with E-state index in [1.54, 1.807) is 6.07 Å². The summed E-state index contributed by atoms with van der Waals surface area (Å²) >= 11 is 0. The van der Waals surface area contributed by atoms with E-state index in [1.807, 2.05) is 6.07 Å². The lowest BCUT2D eigenvalue weighted by atomic mass is 9.84. The number of hydrogen-bond donors (Lipinski definition) is 1. The lowest BCUT2D eigenvalue weighted by molar-refractivity contribution is 0.0562. The Morgan fingerprint density at radius 1 is 1.47 bits per heavy atom. The first-order chi connectivity index (χ1) is 9.22. The molecule has 2 rings (SSSR count). The highest BCUT2D eigenvalue weighted by Gasteiger charge is 2.20. The number of ether oxygens (including phenoxy) is 1. The molecule has 0 bridgehead atoms. The first-order valence-corrected chi connectivity index (χ1v) is 7.13. The summed E-state index contributed by atoms with van der Waals surface area (Å²) in [6.07, 6.45) is 6.43. The lowest BCUT2D eigenvalue weighted by Crippen LogP contribution is -2.33. The van der Waals surface area contributed by atoms with Crippen LogP contribution in [0, 0.1) is 5.92 Å². The summed E-state index contributed by atoms with van der Waals surface area (Å²) in [6.45, 7) is 2.94. The van der Waals surface area contributed by atoms with Crippen molar-refractivity contribution in [3.63, 3.8) is 0 Å². The van der Waals surface area contributed by atoms with Gasteiger partial charge < -0.3 is 14.5 Å². The summed E-state index contributed by atoms with van der Waals surface area (Å²) < 4.78 is 10.1. The second-order valence-corrected chi connectivity index (χ2v) is 5.28. The number of carbonyl (C=O) groups is 1. The summed E-state index contributed by atoms with van der Waals surface area (Å²) in [6, 6.07) is 4.07. The number of nitrogens with one attached hydrogen (secondary N) is 1. The van der Waals surface area contributed by atoms with E-state index in [-0.39, 0.29) is 5.76 Å². The predicted molar refractivity (Wildman–Crippen MR) is 72.9 cm³/mol. The number of carbonyl (C=O) groups excluding carboxylic acids is 1. The molecule has 1 aliphatic rings. The fourth-order valence-corrected chi connectivity index (χ4v) is 2.78. The van der Waals surface area contributed by atoms with Crippen LogP contribution in [0.25, 0.3) is 0 Å². The van der Waals surface area contributed by atoms with Gasteiger partial charge in [-0.25, -0.2) is 4.79 Å². The Labute approximate surface area is 114 Å². The van der Waals surface area contributed by atoms with Gasteiger partial charge in [-0.2, -0.15) is 0 Å². The number of esters is 1. The van der Waals surface area contributed by atoms with Crippen LogP contribution in [0.2, 0.25) is 0 Å². The molecule has 1 aromatic heterocycles. The van der Waals surface area contributed by atoms with Gasteiger partial charge in [0, 0.05) is 6.04 Å². The molecule has 0 aromatic carbocycles. The highest BCUT2D eigenvalue weighted by atomic mass is 16.5. The minimum Gasteiger partial charge on any atom is -0.463 e. The van der Waals surface area contributed by atoms with Crippen molar-refractivity contribution in [1.29, 1.82) is 0 Å². The Bertz CT molecular complexity index is 413. The summed E-state index contributed by atoms with van der Waals surface area (Å²) in [4.78, 5) is 11.3. The molecule has 0 amide bonds. The Kier molecular flexibility index (Phi) is 5.02. The predicted octanol–water partition coefficient (Wildman–Crippen LogP) is 3.12. The average molecular weight is 265 g/mol. The first-order valence-electron chi connectivity index (χ1n) is 7.13. The van der Waals surface area contributed by atoms with Gasteiger partial charge in [-0.15, -0.1) is 0 Å². The summed E-state index contributed by atoms with van der Waals surface area (Å²) in [5, 5.41) is 3.53. The van der Waals surface area contributed by atoms with Gasteiger partial charge >= 0.3 is 5.97 Å². The van der Waals surface area contributed by atoms with E-state index < -0.39 is 5.97 Å². The van der Waals surface area contributed by atoms with Crippen LogP contribution in [-0.4, -0.2) is 19.1 Å². The van der Waals surface area contributed by atoms with Crippen molar-refractivity contribution in [3.05, 3.63) is 23.7 Å². The maximum atomic E-state index is 11.3. The molecule has 0 radical (unpaired) electrons. The van der Waals surface area contributed by atoms with Gasteiger partial charge in [0.15, 0.2) is 0 Å². The van der Waals surface area contributed by atoms with Crippen LogP contribution in [0.1, 0.15) is 55.3 Å². The molecular weight excluding hydrogens is 242 g/mol. The van der Waals surface area contributed by atoms with Crippen LogP contribution in [0.3, 0.4) is 0 Å². The molecule has 2 unspecified atom stereocenters. The third-order valence-corrected chi connectivity index (χ3v) is 3.97. The van der Waals surface area contributed by atoms with Crippen LogP contribution in [0.5, 0.6) is 0 Å².